The van der Waals surface area contributed by atoms with Crippen LogP contribution in [-0.4, -0.2) is 13.7 Å². The molecule has 0 amide bonds. The molecule has 136 valence electrons. The second-order valence-corrected chi connectivity index (χ2v) is 6.35. The molecule has 0 spiro atoms. The summed E-state index contributed by atoms with van der Waals surface area (Å²) in [7, 11) is 1.67. The topological polar surface area (TPSA) is 53.7 Å². The van der Waals surface area contributed by atoms with Gasteiger partial charge >= 0.3 is 0 Å². The fourth-order valence-electron chi connectivity index (χ4n) is 3.43. The number of ether oxygens (including phenoxy) is 3. The lowest BCUT2D eigenvalue weighted by molar-refractivity contribution is 0.241. The predicted octanol–water partition coefficient (Wildman–Crippen LogP) is 4.99. The van der Waals surface area contributed by atoms with E-state index in [1.807, 2.05) is 60.7 Å². The highest BCUT2D eigenvalue weighted by atomic mass is 16.5. The van der Waals surface area contributed by atoms with Crippen molar-refractivity contribution < 1.29 is 14.2 Å². The normalized spacial score (nSPS) is 14.5. The number of fused-ring (bicyclic) bond motifs is 3. The van der Waals surface area contributed by atoms with Crippen molar-refractivity contribution in [3.63, 3.8) is 0 Å². The van der Waals surface area contributed by atoms with Crippen LogP contribution in [0.25, 0.3) is 11.1 Å². The van der Waals surface area contributed by atoms with Crippen molar-refractivity contribution in [2.45, 2.75) is 6.10 Å². The van der Waals surface area contributed by atoms with Gasteiger partial charge in [0.1, 0.15) is 30.0 Å². The van der Waals surface area contributed by atoms with E-state index in [9.17, 15) is 0 Å². The minimum absolute atomic E-state index is 0.282. The summed E-state index contributed by atoms with van der Waals surface area (Å²) in [5.74, 6) is 2.34. The standard InChI is InChI=1S/C23H21NO3/c1-3-12-26-17-7-4-6-15(13-17)23-19-14-16(24)10-11-18(19)22-20(25-2)8-5-9-21(22)27-23/h3-11,13-14,23H,1,12,24H2,2H3. The van der Waals surface area contributed by atoms with Crippen molar-refractivity contribution >= 4 is 5.69 Å². The molecule has 1 heterocycles. The molecule has 2 N–H and O–H groups in total. The predicted molar refractivity (Wildman–Crippen MR) is 107 cm³/mol. The molecular weight excluding hydrogens is 338 g/mol. The van der Waals surface area contributed by atoms with Crippen LogP contribution in [0.2, 0.25) is 0 Å². The molecule has 1 atom stereocenters. The van der Waals surface area contributed by atoms with E-state index in [4.69, 9.17) is 19.9 Å². The van der Waals surface area contributed by atoms with Crippen LogP contribution < -0.4 is 19.9 Å². The lowest BCUT2D eigenvalue weighted by Crippen LogP contribution is -2.16. The maximum absolute atomic E-state index is 6.39. The third kappa shape index (κ3) is 3.10. The third-order valence-corrected chi connectivity index (χ3v) is 4.61. The summed E-state index contributed by atoms with van der Waals surface area (Å²) in [6, 6.07) is 19.6. The molecule has 0 bridgehead atoms. The highest BCUT2D eigenvalue weighted by Crippen LogP contribution is 2.49. The van der Waals surface area contributed by atoms with E-state index in [-0.39, 0.29) is 6.10 Å². The molecular formula is C23H21NO3. The van der Waals surface area contributed by atoms with Crippen molar-refractivity contribution in [2.75, 3.05) is 19.5 Å². The first-order valence-corrected chi connectivity index (χ1v) is 8.78. The highest BCUT2D eigenvalue weighted by Gasteiger charge is 2.30. The Kier molecular flexibility index (Phi) is 4.47. The van der Waals surface area contributed by atoms with Crippen molar-refractivity contribution in [2.24, 2.45) is 0 Å². The first kappa shape index (κ1) is 17.0. The fourth-order valence-corrected chi connectivity index (χ4v) is 3.43. The number of hydrogen-bond donors (Lipinski definition) is 1. The summed E-state index contributed by atoms with van der Waals surface area (Å²) < 4.78 is 17.6. The SMILES string of the molecule is C=CCOc1cccc(C2Oc3cccc(OC)c3-c3ccc(N)cc32)c1. The summed E-state index contributed by atoms with van der Waals surface area (Å²) in [4.78, 5) is 0. The Morgan fingerprint density at radius 3 is 2.78 bits per heavy atom. The van der Waals surface area contributed by atoms with Crippen LogP contribution >= 0.6 is 0 Å². The number of benzene rings is 3. The van der Waals surface area contributed by atoms with Gasteiger partial charge in [0.05, 0.1) is 12.7 Å². The van der Waals surface area contributed by atoms with E-state index < -0.39 is 0 Å². The van der Waals surface area contributed by atoms with Crippen LogP contribution in [0.4, 0.5) is 5.69 Å². The zero-order valence-corrected chi connectivity index (χ0v) is 15.1. The molecule has 0 saturated heterocycles. The number of anilines is 1. The van der Waals surface area contributed by atoms with Gasteiger partial charge in [-0.05, 0) is 42.0 Å². The smallest absolute Gasteiger partial charge is 0.150 e. The molecule has 4 nitrogen and oxygen atoms in total. The number of rotatable bonds is 5. The van der Waals surface area contributed by atoms with Gasteiger partial charge in [0.2, 0.25) is 0 Å². The van der Waals surface area contributed by atoms with E-state index in [0.29, 0.717) is 12.3 Å². The average molecular weight is 359 g/mol. The molecule has 1 aliphatic rings. The van der Waals surface area contributed by atoms with Crippen LogP contribution in [0.3, 0.4) is 0 Å². The van der Waals surface area contributed by atoms with Crippen LogP contribution in [0.15, 0.2) is 73.3 Å². The van der Waals surface area contributed by atoms with Crippen molar-refractivity contribution in [1.82, 2.24) is 0 Å². The molecule has 0 fully saturated rings. The molecule has 0 saturated carbocycles. The van der Waals surface area contributed by atoms with Gasteiger partial charge in [0.25, 0.3) is 0 Å². The number of methoxy groups -OCH3 is 1. The molecule has 1 unspecified atom stereocenters. The quantitative estimate of drug-likeness (QED) is 0.515. The lowest BCUT2D eigenvalue weighted by Gasteiger charge is -2.30. The zero-order chi connectivity index (χ0) is 18.8. The maximum atomic E-state index is 6.39. The van der Waals surface area contributed by atoms with Gasteiger partial charge in [-0.3, -0.25) is 0 Å². The van der Waals surface area contributed by atoms with Crippen LogP contribution in [0, 0.1) is 0 Å². The molecule has 0 aromatic heterocycles. The van der Waals surface area contributed by atoms with Crippen LogP contribution in [0.5, 0.6) is 17.2 Å². The summed E-state index contributed by atoms with van der Waals surface area (Å²) in [6.45, 7) is 4.15. The van der Waals surface area contributed by atoms with E-state index >= 15 is 0 Å². The van der Waals surface area contributed by atoms with Crippen LogP contribution in [-0.2, 0) is 0 Å². The molecule has 0 radical (unpaired) electrons. The Morgan fingerprint density at radius 1 is 1.11 bits per heavy atom. The van der Waals surface area contributed by atoms with Gasteiger partial charge in [-0.25, -0.2) is 0 Å². The van der Waals surface area contributed by atoms with E-state index in [1.165, 1.54) is 0 Å². The summed E-state index contributed by atoms with van der Waals surface area (Å²) in [5, 5.41) is 0. The molecule has 4 heteroatoms. The molecule has 4 rings (SSSR count). The van der Waals surface area contributed by atoms with Gasteiger partial charge < -0.3 is 19.9 Å². The van der Waals surface area contributed by atoms with Crippen molar-refractivity contribution in [3.05, 3.63) is 84.4 Å². The van der Waals surface area contributed by atoms with Crippen molar-refractivity contribution in [3.8, 4) is 28.4 Å². The Balaban J connectivity index is 1.85. The number of nitrogen functional groups attached to an aromatic ring is 1. The Bertz CT molecular complexity index is 997. The maximum Gasteiger partial charge on any atom is 0.150 e. The minimum Gasteiger partial charge on any atom is -0.496 e. The molecule has 3 aromatic rings. The lowest BCUT2D eigenvalue weighted by atomic mass is 9.88. The van der Waals surface area contributed by atoms with Gasteiger partial charge in [-0.15, -0.1) is 0 Å². The first-order valence-electron chi connectivity index (χ1n) is 8.78. The molecule has 0 aliphatic carbocycles. The van der Waals surface area contributed by atoms with Gasteiger partial charge in [0, 0.05) is 16.8 Å². The second-order valence-electron chi connectivity index (χ2n) is 6.35. The Morgan fingerprint density at radius 2 is 1.96 bits per heavy atom. The summed E-state index contributed by atoms with van der Waals surface area (Å²) in [6.07, 6.45) is 1.44. The van der Waals surface area contributed by atoms with Crippen LogP contribution in [0.1, 0.15) is 17.2 Å². The van der Waals surface area contributed by atoms with E-state index in [1.54, 1.807) is 13.2 Å². The number of nitrogens with two attached hydrogens (primary N) is 1. The van der Waals surface area contributed by atoms with Gasteiger partial charge in [-0.2, -0.15) is 0 Å². The summed E-state index contributed by atoms with van der Waals surface area (Å²) in [5.41, 5.74) is 10.8. The monoisotopic (exact) mass is 359 g/mol. The van der Waals surface area contributed by atoms with E-state index in [2.05, 4.69) is 6.58 Å². The largest absolute Gasteiger partial charge is 0.496 e. The average Bonchev–Trinajstić information content (AvgIpc) is 2.71. The second kappa shape index (κ2) is 7.08. The molecule has 1 aliphatic heterocycles. The summed E-state index contributed by atoms with van der Waals surface area (Å²) >= 11 is 0. The number of hydrogen-bond acceptors (Lipinski definition) is 4. The zero-order valence-electron chi connectivity index (χ0n) is 15.1. The van der Waals surface area contributed by atoms with Gasteiger partial charge in [-0.1, -0.05) is 36.9 Å². The molecule has 3 aromatic carbocycles. The Labute approximate surface area is 158 Å². The van der Waals surface area contributed by atoms with Gasteiger partial charge in [0.15, 0.2) is 0 Å². The highest BCUT2D eigenvalue weighted by molar-refractivity contribution is 5.82. The molecule has 27 heavy (non-hydrogen) atoms. The first-order chi connectivity index (χ1) is 13.2. The third-order valence-electron chi connectivity index (χ3n) is 4.61. The Hall–Kier alpha value is -3.40. The van der Waals surface area contributed by atoms with E-state index in [0.717, 1.165) is 39.5 Å². The van der Waals surface area contributed by atoms with Crippen molar-refractivity contribution in [1.29, 1.82) is 0 Å². The fraction of sp³-hybridized carbons (Fsp3) is 0.130. The minimum atomic E-state index is -0.282.